The number of nitrogens with one attached hydrogen (secondary N) is 2. The molecule has 3 aromatic rings. The average Bonchev–Trinajstić information content (AvgIpc) is 2.75. The molecule has 5 heteroatoms. The summed E-state index contributed by atoms with van der Waals surface area (Å²) in [7, 11) is 0. The number of rotatable bonds is 9. The number of carbonyl (C=O) groups excluding carboxylic acids is 1. The van der Waals surface area contributed by atoms with Crippen LogP contribution in [0.25, 0.3) is 22.2 Å². The van der Waals surface area contributed by atoms with Gasteiger partial charge in [0.2, 0.25) is 0 Å². The Morgan fingerprint density at radius 2 is 1.86 bits per heavy atom. The summed E-state index contributed by atoms with van der Waals surface area (Å²) < 4.78 is 0. The molecule has 146 valence electrons. The van der Waals surface area contributed by atoms with Gasteiger partial charge in [0.05, 0.1) is 43.0 Å². The topological polar surface area (TPSA) is 59.3 Å². The number of likely N-dealkylation sites (N-methyl/N-ethyl adjacent to an activating group) is 1. The number of hydrogen-bond donors (Lipinski definition) is 2. The van der Waals surface area contributed by atoms with Gasteiger partial charge < -0.3 is 10.2 Å². The Labute approximate surface area is 166 Å². The molecule has 1 aromatic carbocycles. The Bertz CT molecular complexity index is 911. The predicted octanol–water partition coefficient (Wildman–Crippen LogP) is 2.73. The minimum absolute atomic E-state index is 0.0418. The van der Waals surface area contributed by atoms with E-state index in [0.717, 1.165) is 41.8 Å². The minimum atomic E-state index is -0.0418. The fourth-order valence-electron chi connectivity index (χ4n) is 3.39. The third kappa shape index (κ3) is 4.93. The number of amides is 1. The first-order valence-corrected chi connectivity index (χ1v) is 10.1. The molecule has 0 fully saturated rings. The molecular weight excluding hydrogens is 348 g/mol. The molecule has 0 saturated heterocycles. The number of nitrogens with zero attached hydrogens (tertiary/aromatic N) is 2. The van der Waals surface area contributed by atoms with Crippen molar-refractivity contribution in [2.75, 3.05) is 26.2 Å². The van der Waals surface area contributed by atoms with Gasteiger partial charge in [-0.15, -0.1) is 0 Å². The Morgan fingerprint density at radius 1 is 1.07 bits per heavy atom. The predicted molar refractivity (Wildman–Crippen MR) is 113 cm³/mol. The van der Waals surface area contributed by atoms with E-state index in [2.05, 4.69) is 24.1 Å². The Morgan fingerprint density at radius 3 is 2.61 bits per heavy atom. The number of carbonyl (C=O) groups is 1. The summed E-state index contributed by atoms with van der Waals surface area (Å²) in [6, 6.07) is 13.5. The van der Waals surface area contributed by atoms with Gasteiger partial charge in [-0.3, -0.25) is 9.78 Å². The van der Waals surface area contributed by atoms with Gasteiger partial charge in [0.25, 0.3) is 5.91 Å². The van der Waals surface area contributed by atoms with Crippen LogP contribution in [0.5, 0.6) is 0 Å². The van der Waals surface area contributed by atoms with E-state index < -0.39 is 0 Å². The highest BCUT2D eigenvalue weighted by Crippen LogP contribution is 2.24. The largest absolute Gasteiger partial charge is 0.346 e. The van der Waals surface area contributed by atoms with Crippen LogP contribution in [0.1, 0.15) is 37.0 Å². The summed E-state index contributed by atoms with van der Waals surface area (Å²) in [6.07, 6.45) is 5.91. The molecule has 0 bridgehead atoms. The van der Waals surface area contributed by atoms with E-state index in [1.165, 1.54) is 17.7 Å². The first kappa shape index (κ1) is 20.0. The van der Waals surface area contributed by atoms with E-state index in [9.17, 15) is 4.79 Å². The monoisotopic (exact) mass is 377 g/mol. The highest BCUT2D eigenvalue weighted by Gasteiger charge is 2.14. The Balaban J connectivity index is 1.80. The SMILES string of the molecule is CCCC[NH+](CC)CCNC(=O)c1cc(-c2ccncc2)nc2ccccc12. The number of pyridine rings is 2. The van der Waals surface area contributed by atoms with Crippen molar-refractivity contribution in [2.24, 2.45) is 0 Å². The van der Waals surface area contributed by atoms with Gasteiger partial charge in [-0.1, -0.05) is 31.5 Å². The molecule has 3 rings (SSSR count). The number of para-hydroxylation sites is 1. The van der Waals surface area contributed by atoms with Crippen molar-refractivity contribution in [1.29, 1.82) is 0 Å². The van der Waals surface area contributed by atoms with Crippen LogP contribution in [0.3, 0.4) is 0 Å². The zero-order valence-corrected chi connectivity index (χ0v) is 16.7. The molecular formula is C23H29N4O+. The molecule has 28 heavy (non-hydrogen) atoms. The van der Waals surface area contributed by atoms with Crippen LogP contribution in [-0.4, -0.2) is 42.1 Å². The van der Waals surface area contributed by atoms with E-state index in [-0.39, 0.29) is 5.91 Å². The molecule has 2 aromatic heterocycles. The van der Waals surface area contributed by atoms with E-state index in [1.54, 1.807) is 12.4 Å². The molecule has 0 aliphatic rings. The lowest BCUT2D eigenvalue weighted by Crippen LogP contribution is -3.12. The zero-order chi connectivity index (χ0) is 19.8. The van der Waals surface area contributed by atoms with Crippen LogP contribution < -0.4 is 10.2 Å². The lowest BCUT2D eigenvalue weighted by Gasteiger charge is -2.17. The number of quaternary nitrogens is 1. The molecule has 1 amide bonds. The van der Waals surface area contributed by atoms with E-state index in [0.29, 0.717) is 12.1 Å². The first-order chi connectivity index (χ1) is 13.7. The van der Waals surface area contributed by atoms with E-state index >= 15 is 0 Å². The molecule has 0 radical (unpaired) electrons. The highest BCUT2D eigenvalue weighted by atomic mass is 16.1. The molecule has 0 aliphatic carbocycles. The van der Waals surface area contributed by atoms with Crippen LogP contribution >= 0.6 is 0 Å². The maximum atomic E-state index is 13.0. The zero-order valence-electron chi connectivity index (χ0n) is 16.7. The second kappa shape index (κ2) is 9.95. The van der Waals surface area contributed by atoms with Gasteiger partial charge >= 0.3 is 0 Å². The maximum Gasteiger partial charge on any atom is 0.252 e. The van der Waals surface area contributed by atoms with Gasteiger partial charge in [0, 0.05) is 23.3 Å². The van der Waals surface area contributed by atoms with Gasteiger partial charge in [-0.05, 0) is 37.6 Å². The summed E-state index contributed by atoms with van der Waals surface area (Å²) in [6.45, 7) is 8.27. The maximum absolute atomic E-state index is 13.0. The van der Waals surface area contributed by atoms with Crippen molar-refractivity contribution < 1.29 is 9.69 Å². The van der Waals surface area contributed by atoms with Crippen LogP contribution in [0, 0.1) is 0 Å². The lowest BCUT2D eigenvalue weighted by atomic mass is 10.0. The van der Waals surface area contributed by atoms with Gasteiger partial charge in [-0.2, -0.15) is 0 Å². The smallest absolute Gasteiger partial charge is 0.252 e. The minimum Gasteiger partial charge on any atom is -0.346 e. The van der Waals surface area contributed by atoms with Crippen molar-refractivity contribution in [1.82, 2.24) is 15.3 Å². The molecule has 1 unspecified atom stereocenters. The van der Waals surface area contributed by atoms with Crippen molar-refractivity contribution in [3.05, 3.63) is 60.4 Å². The Kier molecular flexibility index (Phi) is 7.09. The molecule has 0 saturated carbocycles. The summed E-state index contributed by atoms with van der Waals surface area (Å²) in [5.41, 5.74) is 3.24. The highest BCUT2D eigenvalue weighted by molar-refractivity contribution is 6.07. The third-order valence-corrected chi connectivity index (χ3v) is 5.08. The van der Waals surface area contributed by atoms with Crippen molar-refractivity contribution >= 4 is 16.8 Å². The van der Waals surface area contributed by atoms with Gasteiger partial charge in [0.15, 0.2) is 0 Å². The first-order valence-electron chi connectivity index (χ1n) is 10.1. The summed E-state index contributed by atoms with van der Waals surface area (Å²) in [5, 5.41) is 3.99. The quantitative estimate of drug-likeness (QED) is 0.603. The third-order valence-electron chi connectivity index (χ3n) is 5.08. The molecule has 1 atom stereocenters. The average molecular weight is 378 g/mol. The van der Waals surface area contributed by atoms with Crippen LogP contribution in [0.2, 0.25) is 0 Å². The van der Waals surface area contributed by atoms with Crippen LogP contribution in [0.4, 0.5) is 0 Å². The number of fused-ring (bicyclic) bond motifs is 1. The second-order valence-corrected chi connectivity index (χ2v) is 7.02. The summed E-state index contributed by atoms with van der Waals surface area (Å²) in [4.78, 5) is 23.3. The van der Waals surface area contributed by atoms with Crippen molar-refractivity contribution in [2.45, 2.75) is 26.7 Å². The molecule has 2 N–H and O–H groups in total. The van der Waals surface area contributed by atoms with E-state index in [1.807, 2.05) is 42.5 Å². The van der Waals surface area contributed by atoms with E-state index in [4.69, 9.17) is 4.98 Å². The normalized spacial score (nSPS) is 12.1. The summed E-state index contributed by atoms with van der Waals surface area (Å²) in [5.74, 6) is -0.0418. The number of hydrogen-bond acceptors (Lipinski definition) is 3. The summed E-state index contributed by atoms with van der Waals surface area (Å²) >= 11 is 0. The van der Waals surface area contributed by atoms with Crippen molar-refractivity contribution in [3.8, 4) is 11.3 Å². The molecule has 2 heterocycles. The van der Waals surface area contributed by atoms with Crippen molar-refractivity contribution in [3.63, 3.8) is 0 Å². The second-order valence-electron chi connectivity index (χ2n) is 7.02. The standard InChI is InChI=1S/C23H28N4O/c1-3-5-15-27(4-2)16-14-25-23(28)20-17-22(18-10-12-24-13-11-18)26-21-9-7-6-8-19(20)21/h6-13,17H,3-5,14-16H2,1-2H3,(H,25,28)/p+1. The number of benzene rings is 1. The number of unbranched alkanes of at least 4 members (excludes halogenated alkanes) is 1. The van der Waals surface area contributed by atoms with Crippen LogP contribution in [0.15, 0.2) is 54.9 Å². The molecule has 5 nitrogen and oxygen atoms in total. The van der Waals surface area contributed by atoms with Gasteiger partial charge in [0.1, 0.15) is 0 Å². The van der Waals surface area contributed by atoms with Gasteiger partial charge in [-0.25, -0.2) is 4.98 Å². The molecule has 0 aliphatic heterocycles. The lowest BCUT2D eigenvalue weighted by molar-refractivity contribution is -0.897. The number of aromatic nitrogens is 2. The Hall–Kier alpha value is -2.79. The fraction of sp³-hybridized carbons (Fsp3) is 0.348. The molecule has 0 spiro atoms. The van der Waals surface area contributed by atoms with Crippen LogP contribution in [-0.2, 0) is 0 Å². The fourth-order valence-corrected chi connectivity index (χ4v) is 3.39.